The molecule has 1 rings (SSSR count). The molecule has 1 N–H and O–H groups in total. The van der Waals surface area contributed by atoms with Gasteiger partial charge in [0.25, 0.3) is 0 Å². The van der Waals surface area contributed by atoms with Crippen molar-refractivity contribution < 1.29 is 27.9 Å². The second-order valence-electron chi connectivity index (χ2n) is 6.44. The van der Waals surface area contributed by atoms with Gasteiger partial charge in [-0.15, -0.1) is 0 Å². The molecule has 0 aliphatic heterocycles. The molecule has 6 nitrogen and oxygen atoms in total. The number of methoxy groups -OCH3 is 1. The van der Waals surface area contributed by atoms with Crippen molar-refractivity contribution in [2.45, 2.75) is 45.9 Å². The highest BCUT2D eigenvalue weighted by Crippen LogP contribution is 2.47. The van der Waals surface area contributed by atoms with Crippen LogP contribution in [0, 0.1) is 6.92 Å². The Kier molecular flexibility index (Phi) is 8.29. The Morgan fingerprint density at radius 3 is 2.43 bits per heavy atom. The summed E-state index contributed by atoms with van der Waals surface area (Å²) in [5, 5.41) is 14.3. The number of ether oxygens (including phenoxy) is 1. The van der Waals surface area contributed by atoms with Crippen molar-refractivity contribution in [1.82, 2.24) is 4.90 Å². The Morgan fingerprint density at radius 1 is 1.29 bits per heavy atom. The molecule has 158 valence electrons. The molecule has 0 spiro atoms. The topological polar surface area (TPSA) is 66.7 Å². The third kappa shape index (κ3) is 5.60. The normalized spacial score (nSPS) is 14.9. The number of halogens is 3. The van der Waals surface area contributed by atoms with Gasteiger partial charge in [-0.1, -0.05) is 5.16 Å². The van der Waals surface area contributed by atoms with E-state index in [4.69, 9.17) is 9.57 Å². The van der Waals surface area contributed by atoms with Crippen molar-refractivity contribution in [3.05, 3.63) is 23.3 Å². The number of rotatable bonds is 9. The second kappa shape index (κ2) is 9.77. The number of aryl methyl sites for hydroxylation is 1. The van der Waals surface area contributed by atoms with Crippen LogP contribution in [0.2, 0.25) is 0 Å². The molecule has 9 heteroatoms. The maximum Gasteiger partial charge on any atom is 0.421 e. The molecule has 1 atom stereocenters. The van der Waals surface area contributed by atoms with Gasteiger partial charge in [-0.25, -0.2) is 4.99 Å². The predicted molar refractivity (Wildman–Crippen MR) is 103 cm³/mol. The van der Waals surface area contributed by atoms with E-state index in [1.807, 2.05) is 18.9 Å². The summed E-state index contributed by atoms with van der Waals surface area (Å²) in [6.45, 7) is 7.53. The summed E-state index contributed by atoms with van der Waals surface area (Å²) in [5.74, 6) is -0.110. The van der Waals surface area contributed by atoms with Crippen LogP contribution in [0.15, 0.2) is 22.3 Å². The first kappa shape index (κ1) is 23.7. The Hall–Kier alpha value is -2.29. The molecule has 28 heavy (non-hydrogen) atoms. The van der Waals surface area contributed by atoms with Gasteiger partial charge in [0.15, 0.2) is 5.60 Å². The SMILES string of the molecule is CCO/N=C(/C)CC(O)(c1cc(C)c(N=CN(C)CC)cc1OC)C(F)(F)F. The molecule has 0 bridgehead atoms. The number of alkyl halides is 3. The molecule has 0 saturated heterocycles. The summed E-state index contributed by atoms with van der Waals surface area (Å²) in [6, 6.07) is 2.63. The summed E-state index contributed by atoms with van der Waals surface area (Å²) < 4.78 is 46.8. The van der Waals surface area contributed by atoms with Crippen LogP contribution < -0.4 is 4.74 Å². The highest BCUT2D eigenvalue weighted by atomic mass is 19.4. The van der Waals surface area contributed by atoms with E-state index in [1.165, 1.54) is 26.2 Å². The standard InChI is InChI=1S/C19H28F3N3O3/c1-7-25(5)12-23-16-10-17(27-6)15(9-13(16)3)18(26,19(20,21)22)11-14(4)24-28-8-2/h9-10,12,26H,7-8,11H2,1-6H3/b23-12?,24-14-. The monoisotopic (exact) mass is 403 g/mol. The van der Waals surface area contributed by atoms with Gasteiger partial charge in [0.2, 0.25) is 0 Å². The molecule has 0 heterocycles. The van der Waals surface area contributed by atoms with Crippen LogP contribution in [-0.4, -0.2) is 55.5 Å². The molecule has 0 aromatic heterocycles. The fraction of sp³-hybridized carbons (Fsp3) is 0.579. The molecule has 0 aliphatic rings. The van der Waals surface area contributed by atoms with Crippen LogP contribution in [-0.2, 0) is 10.4 Å². The lowest BCUT2D eigenvalue weighted by Crippen LogP contribution is -2.44. The lowest BCUT2D eigenvalue weighted by Gasteiger charge is -2.32. The van der Waals surface area contributed by atoms with Gasteiger partial charge in [0.05, 0.1) is 24.8 Å². The van der Waals surface area contributed by atoms with Crippen LogP contribution in [0.5, 0.6) is 5.75 Å². The fourth-order valence-corrected chi connectivity index (χ4v) is 2.48. The summed E-state index contributed by atoms with van der Waals surface area (Å²) in [7, 11) is 3.07. The highest BCUT2D eigenvalue weighted by Gasteiger charge is 2.56. The van der Waals surface area contributed by atoms with Crippen molar-refractivity contribution in [3.8, 4) is 5.75 Å². The Bertz CT molecular complexity index is 720. The molecule has 1 aromatic rings. The third-order valence-corrected chi connectivity index (χ3v) is 4.19. The van der Waals surface area contributed by atoms with E-state index in [0.717, 1.165) is 6.54 Å². The van der Waals surface area contributed by atoms with Crippen molar-refractivity contribution >= 4 is 17.7 Å². The van der Waals surface area contributed by atoms with E-state index in [9.17, 15) is 18.3 Å². The largest absolute Gasteiger partial charge is 0.496 e. The van der Waals surface area contributed by atoms with E-state index >= 15 is 0 Å². The molecule has 0 saturated carbocycles. The van der Waals surface area contributed by atoms with E-state index in [0.29, 0.717) is 11.3 Å². The fourth-order valence-electron chi connectivity index (χ4n) is 2.48. The predicted octanol–water partition coefficient (Wildman–Crippen LogP) is 4.17. The van der Waals surface area contributed by atoms with Gasteiger partial charge >= 0.3 is 6.18 Å². The maximum atomic E-state index is 13.9. The zero-order valence-electron chi connectivity index (χ0n) is 17.1. The van der Waals surface area contributed by atoms with Gasteiger partial charge in [-0.3, -0.25) is 0 Å². The van der Waals surface area contributed by atoms with Gasteiger partial charge in [0, 0.05) is 31.6 Å². The minimum Gasteiger partial charge on any atom is -0.496 e. The van der Waals surface area contributed by atoms with Crippen LogP contribution in [0.1, 0.15) is 38.3 Å². The molecular weight excluding hydrogens is 375 g/mol. The lowest BCUT2D eigenvalue weighted by atomic mass is 9.86. The van der Waals surface area contributed by atoms with E-state index in [-0.39, 0.29) is 18.1 Å². The van der Waals surface area contributed by atoms with Gasteiger partial charge in [-0.2, -0.15) is 13.2 Å². The van der Waals surface area contributed by atoms with E-state index in [2.05, 4.69) is 10.1 Å². The number of oxime groups is 1. The Balaban J connectivity index is 3.49. The van der Waals surface area contributed by atoms with Gasteiger partial charge in [-0.05, 0) is 39.3 Å². The molecule has 0 fully saturated rings. The van der Waals surface area contributed by atoms with Crippen molar-refractivity contribution in [2.75, 3.05) is 27.3 Å². The summed E-state index contributed by atoms with van der Waals surface area (Å²) in [5.41, 5.74) is -2.65. The van der Waals surface area contributed by atoms with Crippen molar-refractivity contribution in [2.24, 2.45) is 10.1 Å². The number of hydrogen-bond donors (Lipinski definition) is 1. The molecule has 0 amide bonds. The molecule has 0 aliphatic carbocycles. The van der Waals surface area contributed by atoms with Crippen molar-refractivity contribution in [3.63, 3.8) is 0 Å². The van der Waals surface area contributed by atoms with Gasteiger partial charge < -0.3 is 19.6 Å². The van der Waals surface area contributed by atoms with Crippen LogP contribution in [0.4, 0.5) is 18.9 Å². The summed E-state index contributed by atoms with van der Waals surface area (Å²) in [6.07, 6.45) is -4.16. The van der Waals surface area contributed by atoms with Crippen LogP contribution in [0.3, 0.4) is 0 Å². The third-order valence-electron chi connectivity index (χ3n) is 4.19. The number of aliphatic hydroxyl groups is 1. The maximum absolute atomic E-state index is 13.9. The summed E-state index contributed by atoms with van der Waals surface area (Å²) >= 11 is 0. The second-order valence-corrected chi connectivity index (χ2v) is 6.44. The first-order valence-corrected chi connectivity index (χ1v) is 8.88. The number of nitrogens with zero attached hydrogens (tertiary/aromatic N) is 3. The Labute approximate surface area is 163 Å². The number of hydrogen-bond acceptors (Lipinski definition) is 5. The van der Waals surface area contributed by atoms with Crippen LogP contribution in [0.25, 0.3) is 0 Å². The smallest absolute Gasteiger partial charge is 0.421 e. The molecule has 1 unspecified atom stereocenters. The first-order valence-electron chi connectivity index (χ1n) is 8.88. The quantitative estimate of drug-likeness (QED) is 0.382. The van der Waals surface area contributed by atoms with Crippen LogP contribution >= 0.6 is 0 Å². The van der Waals surface area contributed by atoms with E-state index < -0.39 is 23.8 Å². The van der Waals surface area contributed by atoms with Gasteiger partial charge in [0.1, 0.15) is 12.4 Å². The number of aliphatic imine (C=N–C) groups is 1. The summed E-state index contributed by atoms with van der Waals surface area (Å²) in [4.78, 5) is 10.9. The zero-order chi connectivity index (χ0) is 21.5. The Morgan fingerprint density at radius 2 is 1.93 bits per heavy atom. The highest BCUT2D eigenvalue weighted by molar-refractivity contribution is 5.83. The average molecular weight is 403 g/mol. The first-order chi connectivity index (χ1) is 13.0. The molecular formula is C19H28F3N3O3. The molecule has 0 radical (unpaired) electrons. The number of benzene rings is 1. The minimum atomic E-state index is -4.96. The van der Waals surface area contributed by atoms with E-state index in [1.54, 1.807) is 20.2 Å². The lowest BCUT2D eigenvalue weighted by molar-refractivity contribution is -0.264. The minimum absolute atomic E-state index is 0.00745. The van der Waals surface area contributed by atoms with Crippen molar-refractivity contribution in [1.29, 1.82) is 0 Å². The average Bonchev–Trinajstić information content (AvgIpc) is 2.63. The zero-order valence-corrected chi connectivity index (χ0v) is 17.1. The molecule has 1 aromatic carbocycles.